The van der Waals surface area contributed by atoms with Crippen molar-refractivity contribution in [3.63, 3.8) is 0 Å². The Morgan fingerprint density at radius 2 is 1.90 bits per heavy atom. The van der Waals surface area contributed by atoms with Crippen LogP contribution in [0.5, 0.6) is 0 Å². The summed E-state index contributed by atoms with van der Waals surface area (Å²) in [6.07, 6.45) is 4.96. The van der Waals surface area contributed by atoms with Crippen molar-refractivity contribution in [3.8, 4) is 11.3 Å². The number of nitrogens with one attached hydrogen (secondary N) is 1. The van der Waals surface area contributed by atoms with E-state index in [9.17, 15) is 0 Å². The Hall–Kier alpha value is -1.61. The Kier molecular flexibility index (Phi) is 6.00. The maximum Gasteiger partial charge on any atom is 0.194 e. The van der Waals surface area contributed by atoms with Gasteiger partial charge in [-0.2, -0.15) is 0 Å². The minimum atomic E-state index is 0.556. The highest BCUT2D eigenvalue weighted by atomic mass is 16.4. The molecular weight excluding hydrogens is 260 g/mol. The first kappa shape index (κ1) is 15.8. The fraction of sp³-hybridized carbons (Fsp3) is 0.500. The van der Waals surface area contributed by atoms with Crippen molar-refractivity contribution in [2.75, 3.05) is 13.1 Å². The number of nitrogens with zero attached hydrogens (tertiary/aromatic N) is 1. The predicted molar refractivity (Wildman–Crippen MR) is 87.5 cm³/mol. The molecule has 0 radical (unpaired) electrons. The van der Waals surface area contributed by atoms with Gasteiger partial charge in [0.05, 0.1) is 6.20 Å². The first-order chi connectivity index (χ1) is 10.2. The van der Waals surface area contributed by atoms with Crippen molar-refractivity contribution in [3.05, 3.63) is 41.9 Å². The largest absolute Gasteiger partial charge is 0.441 e. The van der Waals surface area contributed by atoms with E-state index in [4.69, 9.17) is 4.42 Å². The van der Waals surface area contributed by atoms with Crippen LogP contribution >= 0.6 is 0 Å². The van der Waals surface area contributed by atoms with Crippen LogP contribution in [0.25, 0.3) is 11.3 Å². The highest BCUT2D eigenvalue weighted by Gasteiger charge is 2.07. The van der Waals surface area contributed by atoms with Crippen molar-refractivity contribution >= 4 is 0 Å². The molecule has 0 saturated carbocycles. The fourth-order valence-electron chi connectivity index (χ4n) is 2.26. The van der Waals surface area contributed by atoms with Gasteiger partial charge in [-0.1, -0.05) is 45.0 Å². The molecule has 114 valence electrons. The third kappa shape index (κ3) is 4.71. The number of oxazole rings is 1. The van der Waals surface area contributed by atoms with Gasteiger partial charge in [-0.15, -0.1) is 0 Å². The van der Waals surface area contributed by atoms with Gasteiger partial charge in [-0.25, -0.2) is 4.98 Å². The van der Waals surface area contributed by atoms with E-state index in [0.717, 1.165) is 43.1 Å². The molecular formula is C18H26N2O. The number of benzene rings is 1. The summed E-state index contributed by atoms with van der Waals surface area (Å²) < 4.78 is 5.84. The van der Waals surface area contributed by atoms with Crippen LogP contribution in [0.2, 0.25) is 0 Å². The van der Waals surface area contributed by atoms with E-state index in [2.05, 4.69) is 55.3 Å². The number of aromatic nitrogens is 1. The summed E-state index contributed by atoms with van der Waals surface area (Å²) >= 11 is 0. The van der Waals surface area contributed by atoms with Gasteiger partial charge in [-0.3, -0.25) is 0 Å². The molecule has 21 heavy (non-hydrogen) atoms. The number of aryl methyl sites for hydroxylation is 1. The summed E-state index contributed by atoms with van der Waals surface area (Å²) in [4.78, 5) is 4.37. The van der Waals surface area contributed by atoms with Gasteiger partial charge in [-0.05, 0) is 37.4 Å². The minimum Gasteiger partial charge on any atom is -0.441 e. The number of hydrogen-bond acceptors (Lipinski definition) is 3. The maximum absolute atomic E-state index is 5.84. The molecule has 2 aromatic rings. The van der Waals surface area contributed by atoms with Gasteiger partial charge >= 0.3 is 0 Å². The normalized spacial score (nSPS) is 11.2. The molecule has 1 aromatic carbocycles. The first-order valence-electron chi connectivity index (χ1n) is 7.96. The molecule has 0 amide bonds. The lowest BCUT2D eigenvalue weighted by Gasteiger charge is -2.05. The highest BCUT2D eigenvalue weighted by molar-refractivity contribution is 5.56. The van der Waals surface area contributed by atoms with Crippen LogP contribution in [0.1, 0.15) is 51.0 Å². The molecule has 0 aliphatic heterocycles. The van der Waals surface area contributed by atoms with E-state index in [1.54, 1.807) is 0 Å². The molecule has 2 rings (SSSR count). The molecule has 0 aliphatic carbocycles. The molecule has 1 aromatic heterocycles. The van der Waals surface area contributed by atoms with E-state index in [1.165, 1.54) is 12.0 Å². The summed E-state index contributed by atoms with van der Waals surface area (Å²) in [7, 11) is 0. The molecule has 0 bridgehead atoms. The van der Waals surface area contributed by atoms with Crippen LogP contribution in [0.15, 0.2) is 34.9 Å². The zero-order valence-corrected chi connectivity index (χ0v) is 13.4. The van der Waals surface area contributed by atoms with Crippen molar-refractivity contribution in [1.29, 1.82) is 0 Å². The predicted octanol–water partition coefficient (Wildman–Crippen LogP) is 4.40. The standard InChI is InChI=1S/C18H26N2O/c1-4-11-19-12-5-6-18-20-13-17(21-18)16-9-7-15(8-10-16)14(2)3/h7-10,13-14,19H,4-6,11-12H2,1-3H3. The zero-order valence-electron chi connectivity index (χ0n) is 13.4. The second kappa shape index (κ2) is 7.99. The second-order valence-electron chi connectivity index (χ2n) is 5.75. The maximum atomic E-state index is 5.84. The number of rotatable bonds is 8. The molecule has 0 unspecified atom stereocenters. The van der Waals surface area contributed by atoms with Gasteiger partial charge in [0.15, 0.2) is 11.7 Å². The first-order valence-corrected chi connectivity index (χ1v) is 7.96. The topological polar surface area (TPSA) is 38.1 Å². The molecule has 0 fully saturated rings. The minimum absolute atomic E-state index is 0.556. The lowest BCUT2D eigenvalue weighted by Crippen LogP contribution is -2.16. The van der Waals surface area contributed by atoms with Gasteiger partial charge in [0, 0.05) is 12.0 Å². The van der Waals surface area contributed by atoms with Crippen molar-refractivity contribution in [1.82, 2.24) is 10.3 Å². The second-order valence-corrected chi connectivity index (χ2v) is 5.75. The SMILES string of the molecule is CCCNCCCc1ncc(-c2ccc(C(C)C)cc2)o1. The van der Waals surface area contributed by atoms with Crippen LogP contribution in [0, 0.1) is 0 Å². The van der Waals surface area contributed by atoms with Crippen LogP contribution in [0.3, 0.4) is 0 Å². The van der Waals surface area contributed by atoms with Crippen molar-refractivity contribution in [2.24, 2.45) is 0 Å². The van der Waals surface area contributed by atoms with Crippen molar-refractivity contribution in [2.45, 2.75) is 46.0 Å². The summed E-state index contributed by atoms with van der Waals surface area (Å²) in [6.45, 7) is 8.69. The molecule has 0 saturated heterocycles. The quantitative estimate of drug-likeness (QED) is 0.731. The van der Waals surface area contributed by atoms with Gasteiger partial charge in [0.25, 0.3) is 0 Å². The van der Waals surface area contributed by atoms with Crippen LogP contribution in [-0.4, -0.2) is 18.1 Å². The third-order valence-corrected chi connectivity index (χ3v) is 3.59. The Labute approximate surface area is 127 Å². The fourth-order valence-corrected chi connectivity index (χ4v) is 2.26. The molecule has 0 spiro atoms. The van der Waals surface area contributed by atoms with Gasteiger partial charge in [0.1, 0.15) is 0 Å². The van der Waals surface area contributed by atoms with Gasteiger partial charge < -0.3 is 9.73 Å². The molecule has 3 nitrogen and oxygen atoms in total. The summed E-state index contributed by atoms with van der Waals surface area (Å²) in [5.41, 5.74) is 2.45. The Bertz CT molecular complexity index is 528. The van der Waals surface area contributed by atoms with E-state index in [1.807, 2.05) is 6.20 Å². The lowest BCUT2D eigenvalue weighted by molar-refractivity contribution is 0.491. The van der Waals surface area contributed by atoms with Crippen LogP contribution in [0.4, 0.5) is 0 Å². The van der Waals surface area contributed by atoms with Crippen LogP contribution < -0.4 is 5.32 Å². The Morgan fingerprint density at radius 1 is 1.14 bits per heavy atom. The average molecular weight is 286 g/mol. The van der Waals surface area contributed by atoms with E-state index >= 15 is 0 Å². The average Bonchev–Trinajstić information content (AvgIpc) is 2.96. The zero-order chi connectivity index (χ0) is 15.1. The van der Waals surface area contributed by atoms with E-state index in [-0.39, 0.29) is 0 Å². The Morgan fingerprint density at radius 3 is 2.57 bits per heavy atom. The van der Waals surface area contributed by atoms with Crippen LogP contribution in [-0.2, 0) is 6.42 Å². The van der Waals surface area contributed by atoms with Gasteiger partial charge in [0.2, 0.25) is 0 Å². The molecule has 0 aliphatic rings. The lowest BCUT2D eigenvalue weighted by atomic mass is 10.0. The van der Waals surface area contributed by atoms with E-state index < -0.39 is 0 Å². The summed E-state index contributed by atoms with van der Waals surface area (Å²) in [6, 6.07) is 8.55. The monoisotopic (exact) mass is 286 g/mol. The third-order valence-electron chi connectivity index (χ3n) is 3.59. The molecule has 1 heterocycles. The smallest absolute Gasteiger partial charge is 0.194 e. The highest BCUT2D eigenvalue weighted by Crippen LogP contribution is 2.23. The summed E-state index contributed by atoms with van der Waals surface area (Å²) in [5, 5.41) is 3.39. The molecule has 3 heteroatoms. The number of hydrogen-bond donors (Lipinski definition) is 1. The molecule has 1 N–H and O–H groups in total. The Balaban J connectivity index is 1.90. The molecule has 0 atom stereocenters. The van der Waals surface area contributed by atoms with E-state index in [0.29, 0.717) is 5.92 Å². The van der Waals surface area contributed by atoms with Crippen molar-refractivity contribution < 1.29 is 4.42 Å². The summed E-state index contributed by atoms with van der Waals surface area (Å²) in [5.74, 6) is 2.25.